The van der Waals surface area contributed by atoms with Gasteiger partial charge in [-0.2, -0.15) is 13.2 Å². The number of hydrogen-bond acceptors (Lipinski definition) is 3. The van der Waals surface area contributed by atoms with Gasteiger partial charge in [-0.25, -0.2) is 0 Å². The fraction of sp³-hybridized carbons (Fsp3) is 1.00. The van der Waals surface area contributed by atoms with Crippen molar-refractivity contribution in [2.24, 2.45) is 0 Å². The Balaban J connectivity index is 2.49. The summed E-state index contributed by atoms with van der Waals surface area (Å²) < 4.78 is 40.3. The van der Waals surface area contributed by atoms with Crippen molar-refractivity contribution in [1.29, 1.82) is 0 Å². The first-order chi connectivity index (χ1) is 5.90. The molecule has 0 spiro atoms. The van der Waals surface area contributed by atoms with Gasteiger partial charge < -0.3 is 14.9 Å². The molecule has 0 bridgehead atoms. The zero-order chi connectivity index (χ0) is 10.1. The quantitative estimate of drug-likeness (QED) is 0.646. The Morgan fingerprint density at radius 3 is 2.46 bits per heavy atom. The number of alkyl halides is 3. The monoisotopic (exact) mass is 200 g/mol. The van der Waals surface area contributed by atoms with E-state index in [1.807, 2.05) is 0 Å². The summed E-state index contributed by atoms with van der Waals surface area (Å²) in [5, 5.41) is 18.2. The van der Waals surface area contributed by atoms with E-state index in [2.05, 4.69) is 0 Å². The molecule has 1 aliphatic heterocycles. The van der Waals surface area contributed by atoms with Crippen LogP contribution in [0.1, 0.15) is 12.8 Å². The van der Waals surface area contributed by atoms with E-state index in [1.54, 1.807) is 0 Å². The Bertz CT molecular complexity index is 171. The largest absolute Gasteiger partial charge is 0.391 e. The van der Waals surface area contributed by atoms with Gasteiger partial charge in [-0.05, 0) is 6.42 Å². The Kier molecular flexibility index (Phi) is 3.15. The first kappa shape index (κ1) is 10.7. The molecule has 0 aliphatic carbocycles. The van der Waals surface area contributed by atoms with Crippen LogP contribution in [-0.2, 0) is 4.74 Å². The molecule has 1 fully saturated rings. The maximum atomic E-state index is 11.9. The topological polar surface area (TPSA) is 49.7 Å². The summed E-state index contributed by atoms with van der Waals surface area (Å²) in [6.45, 7) is 0.0545. The van der Waals surface area contributed by atoms with Crippen molar-refractivity contribution in [1.82, 2.24) is 0 Å². The average molecular weight is 200 g/mol. The van der Waals surface area contributed by atoms with Gasteiger partial charge >= 0.3 is 6.18 Å². The molecule has 13 heavy (non-hydrogen) atoms. The van der Waals surface area contributed by atoms with Gasteiger partial charge in [0.15, 0.2) is 0 Å². The van der Waals surface area contributed by atoms with E-state index in [0.29, 0.717) is 0 Å². The molecule has 0 radical (unpaired) electrons. The van der Waals surface area contributed by atoms with Crippen LogP contribution in [0.15, 0.2) is 0 Å². The van der Waals surface area contributed by atoms with E-state index in [9.17, 15) is 13.2 Å². The van der Waals surface area contributed by atoms with Crippen LogP contribution in [0.25, 0.3) is 0 Å². The van der Waals surface area contributed by atoms with E-state index in [1.165, 1.54) is 0 Å². The van der Waals surface area contributed by atoms with Crippen molar-refractivity contribution < 1.29 is 28.1 Å². The number of aliphatic hydroxyl groups is 2. The third kappa shape index (κ3) is 3.13. The molecule has 0 aromatic heterocycles. The summed E-state index contributed by atoms with van der Waals surface area (Å²) in [4.78, 5) is 0. The van der Waals surface area contributed by atoms with Crippen molar-refractivity contribution in [3.8, 4) is 0 Å². The van der Waals surface area contributed by atoms with Gasteiger partial charge in [0.1, 0.15) is 6.10 Å². The van der Waals surface area contributed by atoms with Crippen LogP contribution in [0.5, 0.6) is 0 Å². The highest BCUT2D eigenvalue weighted by Gasteiger charge is 2.40. The third-order valence-corrected chi connectivity index (χ3v) is 1.95. The molecule has 0 amide bonds. The lowest BCUT2D eigenvalue weighted by Gasteiger charge is -2.32. The number of halogens is 3. The van der Waals surface area contributed by atoms with Gasteiger partial charge in [0.2, 0.25) is 0 Å². The molecule has 1 heterocycles. The average Bonchev–Trinajstić information content (AvgIpc) is 1.96. The normalized spacial score (nSPS) is 36.2. The highest BCUT2D eigenvalue weighted by atomic mass is 19.4. The van der Waals surface area contributed by atoms with Crippen molar-refractivity contribution in [3.63, 3.8) is 0 Å². The van der Waals surface area contributed by atoms with Gasteiger partial charge in [0.05, 0.1) is 18.6 Å². The van der Waals surface area contributed by atoms with Crippen LogP contribution < -0.4 is 0 Å². The van der Waals surface area contributed by atoms with Crippen LogP contribution in [0.3, 0.4) is 0 Å². The van der Waals surface area contributed by atoms with Crippen LogP contribution in [0.4, 0.5) is 13.2 Å². The molecule has 78 valence electrons. The molecular formula is C7H11F3O3. The summed E-state index contributed by atoms with van der Waals surface area (Å²) in [5.74, 6) is 0. The van der Waals surface area contributed by atoms with Crippen molar-refractivity contribution in [2.75, 3.05) is 6.61 Å². The molecule has 1 saturated heterocycles. The van der Waals surface area contributed by atoms with Gasteiger partial charge in [0.25, 0.3) is 0 Å². The molecule has 1 aliphatic rings. The Morgan fingerprint density at radius 1 is 1.31 bits per heavy atom. The van der Waals surface area contributed by atoms with Gasteiger partial charge in [-0.15, -0.1) is 0 Å². The molecule has 0 aromatic carbocycles. The fourth-order valence-electron chi connectivity index (χ4n) is 1.27. The molecule has 0 aromatic rings. The van der Waals surface area contributed by atoms with Crippen LogP contribution in [-0.4, -0.2) is 41.3 Å². The standard InChI is InChI=1S/C7H11F3O3/c8-7(9,10)3-5-6(12)4(11)1-2-13-5/h4-6,11-12H,1-3H2. The lowest BCUT2D eigenvalue weighted by molar-refractivity contribution is -0.201. The number of ether oxygens (including phenoxy) is 1. The first-order valence-corrected chi connectivity index (χ1v) is 3.94. The molecule has 2 N–H and O–H groups in total. The minimum Gasteiger partial charge on any atom is -0.390 e. The summed E-state index contributed by atoms with van der Waals surface area (Å²) in [7, 11) is 0. The van der Waals surface area contributed by atoms with E-state index < -0.39 is 30.9 Å². The number of hydrogen-bond donors (Lipinski definition) is 2. The molecule has 3 atom stereocenters. The third-order valence-electron chi connectivity index (χ3n) is 1.95. The van der Waals surface area contributed by atoms with E-state index >= 15 is 0 Å². The predicted octanol–water partition coefficient (Wildman–Crippen LogP) is 0.450. The zero-order valence-electron chi connectivity index (χ0n) is 6.79. The van der Waals surface area contributed by atoms with E-state index in [0.717, 1.165) is 0 Å². The lowest BCUT2D eigenvalue weighted by Crippen LogP contribution is -2.46. The molecular weight excluding hydrogens is 189 g/mol. The second-order valence-corrected chi connectivity index (χ2v) is 3.08. The molecule has 3 unspecified atom stereocenters. The minimum atomic E-state index is -4.37. The highest BCUT2D eigenvalue weighted by molar-refractivity contribution is 4.82. The zero-order valence-corrected chi connectivity index (χ0v) is 6.79. The molecule has 1 rings (SSSR count). The highest BCUT2D eigenvalue weighted by Crippen LogP contribution is 2.27. The van der Waals surface area contributed by atoms with Gasteiger partial charge in [0, 0.05) is 6.61 Å². The second kappa shape index (κ2) is 3.81. The van der Waals surface area contributed by atoms with Crippen LogP contribution in [0, 0.1) is 0 Å². The first-order valence-electron chi connectivity index (χ1n) is 3.94. The maximum Gasteiger partial charge on any atom is 0.391 e. The number of aliphatic hydroxyl groups excluding tert-OH is 2. The second-order valence-electron chi connectivity index (χ2n) is 3.08. The Morgan fingerprint density at radius 2 is 1.92 bits per heavy atom. The smallest absolute Gasteiger partial charge is 0.390 e. The lowest BCUT2D eigenvalue weighted by atomic mass is 10.00. The van der Waals surface area contributed by atoms with Crippen LogP contribution in [0.2, 0.25) is 0 Å². The SMILES string of the molecule is OC1CCOC(CC(F)(F)F)C1O. The van der Waals surface area contributed by atoms with Crippen molar-refractivity contribution in [3.05, 3.63) is 0 Å². The van der Waals surface area contributed by atoms with Crippen molar-refractivity contribution >= 4 is 0 Å². The summed E-state index contributed by atoms with van der Waals surface area (Å²) in [5.41, 5.74) is 0. The van der Waals surface area contributed by atoms with Gasteiger partial charge in [-0.3, -0.25) is 0 Å². The maximum absolute atomic E-state index is 11.9. The Labute approximate surface area is 73.1 Å². The van der Waals surface area contributed by atoms with Gasteiger partial charge in [-0.1, -0.05) is 0 Å². The minimum absolute atomic E-state index is 0.0545. The number of rotatable bonds is 1. The fourth-order valence-corrected chi connectivity index (χ4v) is 1.27. The Hall–Kier alpha value is -0.330. The van der Waals surface area contributed by atoms with Crippen LogP contribution >= 0.6 is 0 Å². The molecule has 3 nitrogen and oxygen atoms in total. The predicted molar refractivity (Wildman–Crippen MR) is 37.0 cm³/mol. The summed E-state index contributed by atoms with van der Waals surface area (Å²) in [6, 6.07) is 0. The summed E-state index contributed by atoms with van der Waals surface area (Å²) in [6.07, 6.45) is -9.29. The molecule has 0 saturated carbocycles. The summed E-state index contributed by atoms with van der Waals surface area (Å²) >= 11 is 0. The van der Waals surface area contributed by atoms with Crippen molar-refractivity contribution in [2.45, 2.75) is 37.3 Å². The van der Waals surface area contributed by atoms with E-state index in [4.69, 9.17) is 14.9 Å². The van der Waals surface area contributed by atoms with E-state index in [-0.39, 0.29) is 13.0 Å². The molecule has 6 heteroatoms.